The van der Waals surface area contributed by atoms with Crippen LogP contribution in [-0.2, 0) is 16.0 Å². The quantitative estimate of drug-likeness (QED) is 0.857. The molecule has 0 atom stereocenters. The zero-order valence-electron chi connectivity index (χ0n) is 15.0. The van der Waals surface area contributed by atoms with Gasteiger partial charge in [-0.15, -0.1) is 0 Å². The minimum absolute atomic E-state index is 0.0682. The van der Waals surface area contributed by atoms with Crippen molar-refractivity contribution in [1.29, 1.82) is 0 Å². The van der Waals surface area contributed by atoms with Gasteiger partial charge in [-0.25, -0.2) is 0 Å². The molecule has 0 spiro atoms. The number of benzene rings is 2. The van der Waals surface area contributed by atoms with Crippen molar-refractivity contribution < 1.29 is 14.3 Å². The number of amides is 2. The molecule has 1 heterocycles. The summed E-state index contributed by atoms with van der Waals surface area (Å²) in [5.74, 6) is 0.547. The first-order chi connectivity index (χ1) is 12.6. The average Bonchev–Trinajstić information content (AvgIpc) is 2.65. The van der Waals surface area contributed by atoms with Crippen LogP contribution in [0.4, 0.5) is 11.4 Å². The van der Waals surface area contributed by atoms with Crippen molar-refractivity contribution in [2.75, 3.05) is 23.9 Å². The van der Waals surface area contributed by atoms with Gasteiger partial charge in [-0.2, -0.15) is 0 Å². The van der Waals surface area contributed by atoms with Gasteiger partial charge in [0.2, 0.25) is 5.91 Å². The maximum atomic E-state index is 12.7. The number of carbonyl (C=O) groups excluding carboxylic acids is 2. The number of ether oxygens (including phenoxy) is 1. The Kier molecular flexibility index (Phi) is 5.37. The van der Waals surface area contributed by atoms with Crippen molar-refractivity contribution >= 4 is 29.3 Å². The number of aryl methyl sites for hydroxylation is 1. The third-order valence-electron chi connectivity index (χ3n) is 4.32. The van der Waals surface area contributed by atoms with Crippen LogP contribution in [0.25, 0.3) is 6.08 Å². The number of nitrogens with one attached hydrogen (secondary N) is 1. The van der Waals surface area contributed by atoms with Crippen LogP contribution >= 0.6 is 0 Å². The van der Waals surface area contributed by atoms with E-state index in [0.717, 1.165) is 41.1 Å². The lowest BCUT2D eigenvalue weighted by molar-refractivity contribution is -0.115. The second-order valence-electron chi connectivity index (χ2n) is 6.20. The van der Waals surface area contributed by atoms with Gasteiger partial charge in [0.1, 0.15) is 5.75 Å². The van der Waals surface area contributed by atoms with Gasteiger partial charge >= 0.3 is 0 Å². The van der Waals surface area contributed by atoms with E-state index in [1.54, 1.807) is 24.2 Å². The first-order valence-corrected chi connectivity index (χ1v) is 8.61. The molecule has 5 nitrogen and oxygen atoms in total. The van der Waals surface area contributed by atoms with E-state index in [9.17, 15) is 9.59 Å². The third kappa shape index (κ3) is 3.94. The molecular formula is C21H22N2O3. The van der Waals surface area contributed by atoms with Crippen molar-refractivity contribution in [3.8, 4) is 5.75 Å². The predicted molar refractivity (Wildman–Crippen MR) is 103 cm³/mol. The van der Waals surface area contributed by atoms with Crippen LogP contribution in [0.1, 0.15) is 24.5 Å². The summed E-state index contributed by atoms with van der Waals surface area (Å²) in [6.45, 7) is 2.15. The number of methoxy groups -OCH3 is 1. The van der Waals surface area contributed by atoms with Crippen molar-refractivity contribution in [3.63, 3.8) is 0 Å². The number of para-hydroxylation sites is 1. The van der Waals surface area contributed by atoms with Gasteiger partial charge in [0.15, 0.2) is 0 Å². The molecule has 2 amide bonds. The summed E-state index contributed by atoms with van der Waals surface area (Å²) in [4.78, 5) is 25.6. The normalized spacial score (nSPS) is 13.4. The summed E-state index contributed by atoms with van der Waals surface area (Å²) in [7, 11) is 1.62. The van der Waals surface area contributed by atoms with Crippen molar-refractivity contribution in [3.05, 3.63) is 59.7 Å². The fourth-order valence-corrected chi connectivity index (χ4v) is 3.14. The molecule has 1 N–H and O–H groups in total. The molecule has 0 fully saturated rings. The Morgan fingerprint density at radius 3 is 2.62 bits per heavy atom. The number of hydrogen-bond donors (Lipinski definition) is 1. The van der Waals surface area contributed by atoms with Gasteiger partial charge in [-0.1, -0.05) is 24.3 Å². The molecule has 134 valence electrons. The van der Waals surface area contributed by atoms with Crippen LogP contribution in [-0.4, -0.2) is 25.5 Å². The van der Waals surface area contributed by atoms with Crippen LogP contribution in [0.3, 0.4) is 0 Å². The Hall–Kier alpha value is -3.08. The van der Waals surface area contributed by atoms with Gasteiger partial charge in [-0.05, 0) is 48.2 Å². The van der Waals surface area contributed by atoms with E-state index >= 15 is 0 Å². The second-order valence-corrected chi connectivity index (χ2v) is 6.20. The van der Waals surface area contributed by atoms with Crippen LogP contribution < -0.4 is 15.0 Å². The maximum absolute atomic E-state index is 12.7. The number of fused-ring (bicyclic) bond motifs is 1. The van der Waals surface area contributed by atoms with Gasteiger partial charge < -0.3 is 15.0 Å². The highest BCUT2D eigenvalue weighted by atomic mass is 16.5. The van der Waals surface area contributed by atoms with Gasteiger partial charge in [0.05, 0.1) is 12.8 Å². The number of nitrogens with zero attached hydrogens (tertiary/aromatic N) is 1. The Morgan fingerprint density at radius 1 is 1.15 bits per heavy atom. The van der Waals surface area contributed by atoms with E-state index < -0.39 is 0 Å². The Labute approximate surface area is 153 Å². The number of carbonyl (C=O) groups is 2. The monoisotopic (exact) mass is 350 g/mol. The highest BCUT2D eigenvalue weighted by Gasteiger charge is 2.24. The van der Waals surface area contributed by atoms with E-state index in [1.807, 2.05) is 42.5 Å². The summed E-state index contributed by atoms with van der Waals surface area (Å²) in [5, 5.41) is 2.72. The number of anilines is 2. The topological polar surface area (TPSA) is 58.6 Å². The molecule has 0 unspecified atom stereocenters. The molecule has 0 aromatic heterocycles. The van der Waals surface area contributed by atoms with E-state index in [-0.39, 0.29) is 11.8 Å². The van der Waals surface area contributed by atoms with Crippen molar-refractivity contribution in [1.82, 2.24) is 0 Å². The zero-order chi connectivity index (χ0) is 18.5. The fourth-order valence-electron chi connectivity index (χ4n) is 3.14. The second kappa shape index (κ2) is 7.87. The minimum Gasteiger partial charge on any atom is -0.495 e. The molecule has 5 heteroatoms. The van der Waals surface area contributed by atoms with Gasteiger partial charge in [0, 0.05) is 25.2 Å². The van der Waals surface area contributed by atoms with E-state index in [2.05, 4.69) is 5.32 Å². The summed E-state index contributed by atoms with van der Waals surface area (Å²) >= 11 is 0. The molecule has 0 aliphatic carbocycles. The van der Waals surface area contributed by atoms with E-state index in [1.165, 1.54) is 6.92 Å². The largest absolute Gasteiger partial charge is 0.495 e. The van der Waals surface area contributed by atoms with Crippen molar-refractivity contribution in [2.24, 2.45) is 0 Å². The highest BCUT2D eigenvalue weighted by molar-refractivity contribution is 6.05. The lowest BCUT2D eigenvalue weighted by atomic mass is 10.0. The molecule has 0 radical (unpaired) electrons. The average molecular weight is 350 g/mol. The molecule has 1 aliphatic heterocycles. The molecule has 2 aromatic carbocycles. The van der Waals surface area contributed by atoms with Crippen LogP contribution in [0, 0.1) is 0 Å². The van der Waals surface area contributed by atoms with Gasteiger partial charge in [0.25, 0.3) is 5.91 Å². The molecule has 2 aromatic rings. The Bertz CT molecular complexity index is 827. The zero-order valence-corrected chi connectivity index (χ0v) is 15.0. The lowest BCUT2D eigenvalue weighted by Crippen LogP contribution is -2.34. The smallest absolute Gasteiger partial charge is 0.251 e. The molecule has 0 bridgehead atoms. The van der Waals surface area contributed by atoms with E-state index in [0.29, 0.717) is 6.54 Å². The SMILES string of the molecule is COc1cccc2c1N(C(=O)/C=C/c1ccc(NC(C)=O)cc1)CCC2. The molecular weight excluding hydrogens is 328 g/mol. The lowest BCUT2D eigenvalue weighted by Gasteiger charge is -2.30. The molecule has 1 aliphatic rings. The highest BCUT2D eigenvalue weighted by Crippen LogP contribution is 2.36. The fraction of sp³-hybridized carbons (Fsp3) is 0.238. The van der Waals surface area contributed by atoms with E-state index in [4.69, 9.17) is 4.74 Å². The summed E-state index contributed by atoms with van der Waals surface area (Å²) in [6.07, 6.45) is 5.24. The van der Waals surface area contributed by atoms with Crippen LogP contribution in [0.15, 0.2) is 48.5 Å². The molecule has 0 saturated heterocycles. The van der Waals surface area contributed by atoms with Crippen molar-refractivity contribution in [2.45, 2.75) is 19.8 Å². The first kappa shape index (κ1) is 17.7. The number of rotatable bonds is 4. The number of hydrogen-bond acceptors (Lipinski definition) is 3. The molecule has 26 heavy (non-hydrogen) atoms. The molecule has 3 rings (SSSR count). The first-order valence-electron chi connectivity index (χ1n) is 8.61. The molecule has 0 saturated carbocycles. The van der Waals surface area contributed by atoms with Gasteiger partial charge in [-0.3, -0.25) is 9.59 Å². The summed E-state index contributed by atoms with van der Waals surface area (Å²) in [5.41, 5.74) is 3.63. The third-order valence-corrected chi connectivity index (χ3v) is 4.32. The summed E-state index contributed by atoms with van der Waals surface area (Å²) in [6, 6.07) is 13.2. The minimum atomic E-state index is -0.110. The van der Waals surface area contributed by atoms with Crippen LogP contribution in [0.2, 0.25) is 0 Å². The standard InChI is InChI=1S/C21H22N2O3/c1-15(24)22-18-11-8-16(9-12-18)10-13-20(25)23-14-4-6-17-5-3-7-19(26-2)21(17)23/h3,5,7-13H,4,6,14H2,1-2H3,(H,22,24)/b13-10+. The summed E-state index contributed by atoms with van der Waals surface area (Å²) < 4.78 is 5.45. The Morgan fingerprint density at radius 2 is 1.92 bits per heavy atom. The Balaban J connectivity index is 1.77. The van der Waals surface area contributed by atoms with Crippen LogP contribution in [0.5, 0.6) is 5.75 Å². The predicted octanol–water partition coefficient (Wildman–Crippen LogP) is 3.65. The maximum Gasteiger partial charge on any atom is 0.251 e.